The Bertz CT molecular complexity index is 1270. The zero-order valence-electron chi connectivity index (χ0n) is 18.2. The second-order valence-corrected chi connectivity index (χ2v) is 10.4. The smallest absolute Gasteiger partial charge is 0.243 e. The second-order valence-electron chi connectivity index (χ2n) is 8.08. The summed E-state index contributed by atoms with van der Waals surface area (Å²) in [7, 11) is -1.78. The van der Waals surface area contributed by atoms with E-state index in [0.717, 1.165) is 22.4 Å². The number of halogens is 2. The molecule has 6 nitrogen and oxygen atoms in total. The van der Waals surface area contributed by atoms with Gasteiger partial charge in [0.2, 0.25) is 10.0 Å². The summed E-state index contributed by atoms with van der Waals surface area (Å²) in [6.45, 7) is 4.81. The molecular formula is C23H25ClFN3O3S. The number of hydrogen-bond donors (Lipinski definition) is 0. The van der Waals surface area contributed by atoms with Crippen LogP contribution in [-0.2, 0) is 48.0 Å². The van der Waals surface area contributed by atoms with E-state index in [-0.39, 0.29) is 19.8 Å². The maximum absolute atomic E-state index is 13.3. The van der Waals surface area contributed by atoms with Crippen LogP contribution in [0.25, 0.3) is 0 Å². The molecule has 0 N–H and O–H groups in total. The molecule has 1 aliphatic rings. The number of aromatic nitrogens is 2. The van der Waals surface area contributed by atoms with E-state index in [2.05, 4.69) is 5.10 Å². The van der Waals surface area contributed by atoms with Crippen LogP contribution in [0, 0.1) is 19.7 Å². The van der Waals surface area contributed by atoms with Gasteiger partial charge < -0.3 is 4.74 Å². The highest BCUT2D eigenvalue weighted by Crippen LogP contribution is 2.29. The van der Waals surface area contributed by atoms with Gasteiger partial charge in [-0.25, -0.2) is 12.8 Å². The van der Waals surface area contributed by atoms with E-state index in [4.69, 9.17) is 16.3 Å². The Hall–Kier alpha value is -2.26. The molecule has 0 amide bonds. The van der Waals surface area contributed by atoms with Crippen LogP contribution in [0.15, 0.2) is 41.3 Å². The maximum Gasteiger partial charge on any atom is 0.243 e. The van der Waals surface area contributed by atoms with Gasteiger partial charge in [0.25, 0.3) is 0 Å². The van der Waals surface area contributed by atoms with Crippen LogP contribution < -0.4 is 0 Å². The zero-order chi connectivity index (χ0) is 23.0. The van der Waals surface area contributed by atoms with Crippen molar-refractivity contribution in [3.05, 3.63) is 80.9 Å². The lowest BCUT2D eigenvalue weighted by Gasteiger charge is -2.27. The minimum absolute atomic E-state index is 0.203. The second kappa shape index (κ2) is 8.94. The van der Waals surface area contributed by atoms with E-state index in [1.54, 1.807) is 16.8 Å². The largest absolute Gasteiger partial charge is 0.370 e. The van der Waals surface area contributed by atoms with Gasteiger partial charge in [-0.3, -0.25) is 4.68 Å². The molecule has 2 heterocycles. The molecular weight excluding hydrogens is 453 g/mol. The standard InChI is InChI=1S/C23H25ClFN3O3S/c1-15-4-7-23(16(2)10-15)32(29,30)28-9-8-22-19(12-28)21(26-27(22)3)14-31-13-17-5-6-18(25)11-20(17)24/h4-7,10-11H,8-9,12-14H2,1-3H3. The van der Waals surface area contributed by atoms with Crippen LogP contribution in [0.3, 0.4) is 0 Å². The van der Waals surface area contributed by atoms with Crippen LogP contribution in [0.2, 0.25) is 5.02 Å². The van der Waals surface area contributed by atoms with Gasteiger partial charge in [-0.05, 0) is 43.2 Å². The van der Waals surface area contributed by atoms with Crippen molar-refractivity contribution < 1.29 is 17.5 Å². The summed E-state index contributed by atoms with van der Waals surface area (Å²) in [4.78, 5) is 0.333. The average molecular weight is 478 g/mol. The molecule has 0 bridgehead atoms. The Morgan fingerprint density at radius 3 is 2.66 bits per heavy atom. The fraction of sp³-hybridized carbons (Fsp3) is 0.348. The first kappa shape index (κ1) is 22.9. The quantitative estimate of drug-likeness (QED) is 0.531. The van der Waals surface area contributed by atoms with E-state index < -0.39 is 15.8 Å². The molecule has 0 unspecified atom stereocenters. The van der Waals surface area contributed by atoms with Gasteiger partial charge in [-0.1, -0.05) is 35.4 Å². The summed E-state index contributed by atoms with van der Waals surface area (Å²) in [6.07, 6.45) is 0.576. The number of nitrogens with zero attached hydrogens (tertiary/aromatic N) is 3. The molecule has 2 aromatic carbocycles. The molecule has 0 saturated heterocycles. The van der Waals surface area contributed by atoms with Gasteiger partial charge in [0, 0.05) is 42.8 Å². The van der Waals surface area contributed by atoms with Gasteiger partial charge >= 0.3 is 0 Å². The first-order valence-electron chi connectivity index (χ1n) is 10.3. The first-order valence-corrected chi connectivity index (χ1v) is 12.1. The molecule has 0 fully saturated rings. The van der Waals surface area contributed by atoms with Crippen molar-refractivity contribution in [1.82, 2.24) is 14.1 Å². The fourth-order valence-corrected chi connectivity index (χ4v) is 5.93. The third-order valence-electron chi connectivity index (χ3n) is 5.75. The SMILES string of the molecule is Cc1ccc(S(=O)(=O)N2CCc3c(c(COCc4ccc(F)cc4Cl)nn3C)C2)c(C)c1. The summed E-state index contributed by atoms with van der Waals surface area (Å²) in [5, 5.41) is 4.86. The fourth-order valence-electron chi connectivity index (χ4n) is 4.09. The minimum Gasteiger partial charge on any atom is -0.370 e. The van der Waals surface area contributed by atoms with Gasteiger partial charge in [-0.2, -0.15) is 9.40 Å². The van der Waals surface area contributed by atoms with Crippen molar-refractivity contribution >= 4 is 21.6 Å². The lowest BCUT2D eigenvalue weighted by molar-refractivity contribution is 0.103. The summed E-state index contributed by atoms with van der Waals surface area (Å²) in [5.41, 5.74) is 5.02. The van der Waals surface area contributed by atoms with Crippen LogP contribution in [0.5, 0.6) is 0 Å². The molecule has 1 aliphatic heterocycles. The average Bonchev–Trinajstić information content (AvgIpc) is 3.04. The highest BCUT2D eigenvalue weighted by atomic mass is 35.5. The van der Waals surface area contributed by atoms with Crippen molar-refractivity contribution in [1.29, 1.82) is 0 Å². The molecule has 3 aromatic rings. The molecule has 0 spiro atoms. The number of sulfonamides is 1. The predicted molar refractivity (Wildman–Crippen MR) is 120 cm³/mol. The molecule has 0 radical (unpaired) electrons. The van der Waals surface area contributed by atoms with E-state index in [1.165, 1.54) is 16.4 Å². The lowest BCUT2D eigenvalue weighted by Crippen LogP contribution is -2.36. The number of ether oxygens (including phenoxy) is 1. The number of rotatable bonds is 6. The van der Waals surface area contributed by atoms with Crippen molar-refractivity contribution in [3.8, 4) is 0 Å². The molecule has 4 rings (SSSR count). The number of hydrogen-bond acceptors (Lipinski definition) is 4. The highest BCUT2D eigenvalue weighted by Gasteiger charge is 2.32. The van der Waals surface area contributed by atoms with Gasteiger partial charge in [0.1, 0.15) is 5.82 Å². The van der Waals surface area contributed by atoms with E-state index in [9.17, 15) is 12.8 Å². The summed E-state index contributed by atoms with van der Waals surface area (Å²) in [5.74, 6) is -0.400. The Morgan fingerprint density at radius 1 is 1.16 bits per heavy atom. The first-order chi connectivity index (χ1) is 15.2. The van der Waals surface area contributed by atoms with Crippen LogP contribution in [0.1, 0.15) is 33.6 Å². The molecule has 32 heavy (non-hydrogen) atoms. The molecule has 170 valence electrons. The van der Waals surface area contributed by atoms with E-state index in [1.807, 2.05) is 33.0 Å². The van der Waals surface area contributed by atoms with E-state index >= 15 is 0 Å². The van der Waals surface area contributed by atoms with Crippen LogP contribution in [-0.4, -0.2) is 29.0 Å². The molecule has 0 atom stereocenters. The Labute approximate surface area is 192 Å². The number of fused-ring (bicyclic) bond motifs is 1. The summed E-state index contributed by atoms with van der Waals surface area (Å²) in [6, 6.07) is 9.55. The van der Waals surface area contributed by atoms with E-state index in [0.29, 0.717) is 34.1 Å². The highest BCUT2D eigenvalue weighted by molar-refractivity contribution is 7.89. The normalized spacial score (nSPS) is 14.5. The van der Waals surface area contributed by atoms with Gasteiger partial charge in [-0.15, -0.1) is 0 Å². The zero-order valence-corrected chi connectivity index (χ0v) is 19.8. The van der Waals surface area contributed by atoms with Gasteiger partial charge in [0.15, 0.2) is 0 Å². The van der Waals surface area contributed by atoms with Crippen LogP contribution >= 0.6 is 11.6 Å². The topological polar surface area (TPSA) is 64.4 Å². The Balaban J connectivity index is 1.53. The molecule has 9 heteroatoms. The maximum atomic E-state index is 13.3. The third kappa shape index (κ3) is 4.45. The third-order valence-corrected chi connectivity index (χ3v) is 8.11. The summed E-state index contributed by atoms with van der Waals surface area (Å²) >= 11 is 6.07. The Kier molecular flexibility index (Phi) is 6.40. The Morgan fingerprint density at radius 2 is 1.94 bits per heavy atom. The van der Waals surface area contributed by atoms with Crippen molar-refractivity contribution in [2.75, 3.05) is 6.54 Å². The monoisotopic (exact) mass is 477 g/mol. The van der Waals surface area contributed by atoms with Crippen molar-refractivity contribution in [3.63, 3.8) is 0 Å². The molecule has 0 aliphatic carbocycles. The lowest BCUT2D eigenvalue weighted by atomic mass is 10.1. The summed E-state index contributed by atoms with van der Waals surface area (Å²) < 4.78 is 49.0. The van der Waals surface area contributed by atoms with Crippen LogP contribution in [0.4, 0.5) is 4.39 Å². The van der Waals surface area contributed by atoms with Gasteiger partial charge in [0.05, 0.1) is 23.8 Å². The van der Waals surface area contributed by atoms with Crippen molar-refractivity contribution in [2.45, 2.75) is 44.9 Å². The molecule has 1 aromatic heterocycles. The number of aryl methyl sites for hydroxylation is 3. The predicted octanol–water partition coefficient (Wildman–Crippen LogP) is 4.29. The number of benzene rings is 2. The molecule has 0 saturated carbocycles. The minimum atomic E-state index is -3.63. The van der Waals surface area contributed by atoms with Crippen molar-refractivity contribution in [2.24, 2.45) is 7.05 Å².